The highest BCUT2D eigenvalue weighted by Crippen LogP contribution is 2.40. The minimum absolute atomic E-state index is 0.0471. The van der Waals surface area contributed by atoms with Gasteiger partial charge in [-0.05, 0) is 60.7 Å². The molecule has 4 rings (SSSR count). The largest absolute Gasteiger partial charge is 0.493 e. The van der Waals surface area contributed by atoms with Gasteiger partial charge in [0.2, 0.25) is 0 Å². The van der Waals surface area contributed by atoms with E-state index in [-0.39, 0.29) is 23.2 Å². The molecule has 0 aromatic heterocycles. The van der Waals surface area contributed by atoms with E-state index in [0.29, 0.717) is 6.61 Å². The molecule has 0 bridgehead atoms. The molecular weight excluding hydrogens is 416 g/mol. The van der Waals surface area contributed by atoms with Gasteiger partial charge in [0, 0.05) is 23.8 Å². The molecule has 0 radical (unpaired) electrons. The fourth-order valence-corrected chi connectivity index (χ4v) is 5.76. The van der Waals surface area contributed by atoms with Crippen LogP contribution in [-0.2, 0) is 17.3 Å². The molecule has 1 heterocycles. The second-order valence-corrected chi connectivity index (χ2v) is 15.3. The predicted molar refractivity (Wildman–Crippen MR) is 132 cm³/mol. The third-order valence-corrected chi connectivity index (χ3v) is 11.8. The summed E-state index contributed by atoms with van der Waals surface area (Å²) >= 11 is 0. The van der Waals surface area contributed by atoms with Gasteiger partial charge in [0.15, 0.2) is 8.32 Å². The molecule has 172 valence electrons. The number of carbonyl (C=O) groups is 1. The van der Waals surface area contributed by atoms with Crippen LogP contribution in [0, 0.1) is 0 Å². The molecule has 2 N–H and O–H groups in total. The number of aryl methyl sites for hydroxylation is 1. The average molecular weight is 453 g/mol. The molecule has 2 atom stereocenters. The number of carbonyl (C=O) groups excluding carboxylic acids is 1. The molecule has 5 nitrogen and oxygen atoms in total. The Hall–Kier alpha value is -2.31. The van der Waals surface area contributed by atoms with Crippen LogP contribution in [0.3, 0.4) is 0 Å². The normalized spacial score (nSPS) is 20.5. The number of hydrogen-bond acceptors (Lipinski definition) is 3. The summed E-state index contributed by atoms with van der Waals surface area (Å²) in [6.07, 6.45) is 3.84. The summed E-state index contributed by atoms with van der Waals surface area (Å²) in [5.74, 6) is 0.853. The first-order chi connectivity index (χ1) is 15.1. The Bertz CT molecular complexity index is 983. The number of nitrogens with one attached hydrogen (secondary N) is 2. The lowest BCUT2D eigenvalue weighted by atomic mass is 9.88. The van der Waals surface area contributed by atoms with Crippen molar-refractivity contribution in [3.05, 3.63) is 59.2 Å². The van der Waals surface area contributed by atoms with Gasteiger partial charge < -0.3 is 19.8 Å². The maximum absolute atomic E-state index is 12.9. The van der Waals surface area contributed by atoms with Crippen LogP contribution < -0.4 is 15.4 Å². The van der Waals surface area contributed by atoms with Gasteiger partial charge in [-0.1, -0.05) is 51.1 Å². The minimum Gasteiger partial charge on any atom is -0.493 e. The number of amides is 2. The Morgan fingerprint density at radius 1 is 1.09 bits per heavy atom. The summed E-state index contributed by atoms with van der Waals surface area (Å²) in [4.78, 5) is 12.9. The second kappa shape index (κ2) is 8.91. The standard InChI is InChI=1S/C26H36N2O3Si/c1-26(2,3)32(4,5)31-19-14-13-18-9-8-11-22(21(18)17-19)27-25(29)28-23-15-16-30-24-12-7-6-10-20(23)24/h6-12,19,23H,13-17H2,1-5H3,(H2,27,28,29). The number of benzene rings is 2. The van der Waals surface area contributed by atoms with E-state index in [1.165, 1.54) is 11.1 Å². The van der Waals surface area contributed by atoms with E-state index in [2.05, 4.69) is 50.6 Å². The molecule has 0 saturated carbocycles. The Labute approximate surface area is 193 Å². The van der Waals surface area contributed by atoms with E-state index in [1.54, 1.807) is 0 Å². The zero-order valence-corrected chi connectivity index (χ0v) is 21.0. The average Bonchev–Trinajstić information content (AvgIpc) is 2.73. The first-order valence-corrected chi connectivity index (χ1v) is 14.6. The topological polar surface area (TPSA) is 59.6 Å². The lowest BCUT2D eigenvalue weighted by Crippen LogP contribution is -2.45. The molecule has 0 spiro atoms. The molecule has 2 aromatic rings. The van der Waals surface area contributed by atoms with Gasteiger partial charge >= 0.3 is 6.03 Å². The number of para-hydroxylation sites is 1. The van der Waals surface area contributed by atoms with Gasteiger partial charge in [-0.15, -0.1) is 0 Å². The van der Waals surface area contributed by atoms with Crippen molar-refractivity contribution < 1.29 is 14.0 Å². The maximum atomic E-state index is 12.9. The Morgan fingerprint density at radius 3 is 2.66 bits per heavy atom. The molecule has 2 aliphatic rings. The number of urea groups is 1. The number of rotatable bonds is 4. The van der Waals surface area contributed by atoms with E-state index in [4.69, 9.17) is 9.16 Å². The molecular formula is C26H36N2O3Si. The van der Waals surface area contributed by atoms with Gasteiger partial charge in [-0.25, -0.2) is 4.79 Å². The summed E-state index contributed by atoms with van der Waals surface area (Å²) in [6.45, 7) is 12.1. The zero-order valence-electron chi connectivity index (χ0n) is 20.0. The monoisotopic (exact) mass is 452 g/mol. The van der Waals surface area contributed by atoms with Crippen molar-refractivity contribution in [1.29, 1.82) is 0 Å². The Morgan fingerprint density at radius 2 is 1.88 bits per heavy atom. The highest BCUT2D eigenvalue weighted by atomic mass is 28.4. The van der Waals surface area contributed by atoms with E-state index in [1.807, 2.05) is 36.4 Å². The zero-order chi connectivity index (χ0) is 22.9. The Kier molecular flexibility index (Phi) is 6.36. The van der Waals surface area contributed by atoms with E-state index >= 15 is 0 Å². The van der Waals surface area contributed by atoms with Crippen molar-refractivity contribution in [3.8, 4) is 5.75 Å². The number of anilines is 1. The summed E-state index contributed by atoms with van der Waals surface area (Å²) in [6, 6.07) is 13.9. The van der Waals surface area contributed by atoms with Crippen molar-refractivity contribution in [2.75, 3.05) is 11.9 Å². The lowest BCUT2D eigenvalue weighted by Gasteiger charge is -2.40. The number of ether oxygens (including phenoxy) is 1. The van der Waals surface area contributed by atoms with Gasteiger partial charge in [0.25, 0.3) is 0 Å². The van der Waals surface area contributed by atoms with Crippen LogP contribution in [0.1, 0.15) is 56.3 Å². The van der Waals surface area contributed by atoms with Crippen LogP contribution in [0.4, 0.5) is 10.5 Å². The van der Waals surface area contributed by atoms with Crippen LogP contribution in [0.15, 0.2) is 42.5 Å². The van der Waals surface area contributed by atoms with Gasteiger partial charge in [-0.3, -0.25) is 0 Å². The third-order valence-electron chi connectivity index (χ3n) is 7.22. The smallest absolute Gasteiger partial charge is 0.319 e. The fourth-order valence-electron chi connectivity index (χ4n) is 4.38. The van der Waals surface area contributed by atoms with Gasteiger partial charge in [0.05, 0.1) is 12.6 Å². The molecule has 2 aromatic carbocycles. The van der Waals surface area contributed by atoms with Gasteiger partial charge in [-0.2, -0.15) is 0 Å². The summed E-state index contributed by atoms with van der Waals surface area (Å²) < 4.78 is 12.4. The lowest BCUT2D eigenvalue weighted by molar-refractivity contribution is 0.165. The summed E-state index contributed by atoms with van der Waals surface area (Å²) in [5, 5.41) is 6.46. The Balaban J connectivity index is 1.46. The molecule has 32 heavy (non-hydrogen) atoms. The highest BCUT2D eigenvalue weighted by molar-refractivity contribution is 6.74. The maximum Gasteiger partial charge on any atom is 0.319 e. The van der Waals surface area contributed by atoms with Crippen molar-refractivity contribution in [2.45, 2.75) is 76.7 Å². The van der Waals surface area contributed by atoms with E-state index < -0.39 is 8.32 Å². The number of fused-ring (bicyclic) bond motifs is 2. The van der Waals surface area contributed by atoms with Crippen LogP contribution in [0.25, 0.3) is 0 Å². The van der Waals surface area contributed by atoms with Crippen LogP contribution in [0.5, 0.6) is 5.75 Å². The second-order valence-electron chi connectivity index (χ2n) is 10.5. The van der Waals surface area contributed by atoms with Crippen LogP contribution >= 0.6 is 0 Å². The van der Waals surface area contributed by atoms with E-state index in [0.717, 1.165) is 42.7 Å². The molecule has 1 aliphatic carbocycles. The molecule has 1 aliphatic heterocycles. The fraction of sp³-hybridized carbons (Fsp3) is 0.500. The van der Waals surface area contributed by atoms with Crippen molar-refractivity contribution in [1.82, 2.24) is 5.32 Å². The molecule has 0 saturated heterocycles. The van der Waals surface area contributed by atoms with Crippen molar-refractivity contribution >= 4 is 20.0 Å². The molecule has 6 heteroatoms. The van der Waals surface area contributed by atoms with Crippen molar-refractivity contribution in [2.24, 2.45) is 0 Å². The first-order valence-electron chi connectivity index (χ1n) is 11.7. The SMILES string of the molecule is CC(C)(C)[Si](C)(C)OC1CCc2cccc(NC(=O)NC3CCOc4ccccc43)c2C1. The highest BCUT2D eigenvalue weighted by Gasteiger charge is 2.40. The quantitative estimate of drug-likeness (QED) is 0.542. The summed E-state index contributed by atoms with van der Waals surface area (Å²) in [7, 11) is -1.84. The first kappa shape index (κ1) is 22.9. The van der Waals surface area contributed by atoms with Crippen LogP contribution in [-0.4, -0.2) is 27.1 Å². The predicted octanol–water partition coefficient (Wildman–Crippen LogP) is 6.21. The molecule has 2 amide bonds. The number of hydrogen-bond donors (Lipinski definition) is 2. The van der Waals surface area contributed by atoms with Crippen molar-refractivity contribution in [3.63, 3.8) is 0 Å². The third kappa shape index (κ3) is 4.86. The molecule has 2 unspecified atom stereocenters. The summed E-state index contributed by atoms with van der Waals surface area (Å²) in [5.41, 5.74) is 4.45. The van der Waals surface area contributed by atoms with Gasteiger partial charge in [0.1, 0.15) is 5.75 Å². The molecule has 0 fully saturated rings. The van der Waals surface area contributed by atoms with E-state index in [9.17, 15) is 4.79 Å². The van der Waals surface area contributed by atoms with Crippen LogP contribution in [0.2, 0.25) is 18.1 Å². The minimum atomic E-state index is -1.84.